The minimum Gasteiger partial charge on any atom is -0.392 e. The molecule has 2 atom stereocenters. The minimum absolute atomic E-state index is 0.184. The van der Waals surface area contributed by atoms with Crippen molar-refractivity contribution in [2.24, 2.45) is 0 Å². The van der Waals surface area contributed by atoms with E-state index in [2.05, 4.69) is 5.32 Å². The Kier molecular flexibility index (Phi) is 5.03. The lowest BCUT2D eigenvalue weighted by Gasteiger charge is -2.33. The first-order valence-electron chi connectivity index (χ1n) is 6.25. The number of aliphatic hydroxyl groups excluding tert-OH is 1. The Morgan fingerprint density at radius 1 is 1.20 bits per heavy atom. The Bertz CT molecular complexity index is 180. The fourth-order valence-electron chi connectivity index (χ4n) is 2.17. The smallest absolute Gasteiger partial charge is 0.0766 e. The van der Waals surface area contributed by atoms with Gasteiger partial charge in [-0.1, -0.05) is 26.7 Å². The molecule has 0 aromatic rings. The van der Waals surface area contributed by atoms with E-state index in [0.717, 1.165) is 32.1 Å². The predicted molar refractivity (Wildman–Crippen MR) is 61.8 cm³/mol. The molecular formula is C12H25NO2. The summed E-state index contributed by atoms with van der Waals surface area (Å²) in [6, 6.07) is 0.184. The molecule has 1 fully saturated rings. The van der Waals surface area contributed by atoms with Crippen molar-refractivity contribution in [3.63, 3.8) is 0 Å². The molecule has 1 rings (SSSR count). The number of nitrogens with one attached hydrogen (secondary N) is 1. The molecule has 1 aliphatic rings. The largest absolute Gasteiger partial charge is 0.392 e. The van der Waals surface area contributed by atoms with Gasteiger partial charge in [0.15, 0.2) is 0 Å². The van der Waals surface area contributed by atoms with Crippen LogP contribution in [0.25, 0.3) is 0 Å². The third-order valence-electron chi connectivity index (χ3n) is 3.74. The van der Waals surface area contributed by atoms with Crippen molar-refractivity contribution in [2.45, 2.75) is 70.1 Å². The molecule has 0 amide bonds. The molecule has 3 N–H and O–H groups in total. The zero-order chi connectivity index (χ0) is 11.3. The standard InChI is InChI=1S/C12H25NO2/c1-3-12(15,4-2)9-13-10-7-5-6-8-11(10)14/h10-11,13-15H,3-9H2,1-2H3. The molecule has 15 heavy (non-hydrogen) atoms. The maximum atomic E-state index is 10.1. The Hall–Kier alpha value is -0.120. The Morgan fingerprint density at radius 3 is 2.33 bits per heavy atom. The van der Waals surface area contributed by atoms with Crippen LogP contribution in [0.2, 0.25) is 0 Å². The molecule has 0 spiro atoms. The Balaban J connectivity index is 2.34. The van der Waals surface area contributed by atoms with Crippen molar-refractivity contribution in [2.75, 3.05) is 6.54 Å². The highest BCUT2D eigenvalue weighted by Crippen LogP contribution is 2.20. The zero-order valence-corrected chi connectivity index (χ0v) is 10.00. The molecule has 2 unspecified atom stereocenters. The van der Waals surface area contributed by atoms with Crippen molar-refractivity contribution in [3.05, 3.63) is 0 Å². The molecule has 0 saturated heterocycles. The maximum Gasteiger partial charge on any atom is 0.0766 e. The van der Waals surface area contributed by atoms with Crippen LogP contribution in [0.5, 0.6) is 0 Å². The van der Waals surface area contributed by atoms with Crippen LogP contribution < -0.4 is 5.32 Å². The fraction of sp³-hybridized carbons (Fsp3) is 1.00. The lowest BCUT2D eigenvalue weighted by atomic mass is 9.91. The first-order chi connectivity index (χ1) is 7.11. The van der Waals surface area contributed by atoms with Gasteiger partial charge in [-0.05, 0) is 25.7 Å². The highest BCUT2D eigenvalue weighted by Gasteiger charge is 2.27. The summed E-state index contributed by atoms with van der Waals surface area (Å²) >= 11 is 0. The molecule has 1 aliphatic carbocycles. The summed E-state index contributed by atoms with van der Waals surface area (Å²) in [4.78, 5) is 0. The normalized spacial score (nSPS) is 28.0. The molecule has 0 radical (unpaired) electrons. The van der Waals surface area contributed by atoms with Crippen molar-refractivity contribution >= 4 is 0 Å². The molecule has 0 heterocycles. The molecule has 90 valence electrons. The first-order valence-corrected chi connectivity index (χ1v) is 6.25. The zero-order valence-electron chi connectivity index (χ0n) is 10.00. The van der Waals surface area contributed by atoms with Gasteiger partial charge in [0.1, 0.15) is 0 Å². The third-order valence-corrected chi connectivity index (χ3v) is 3.74. The molecule has 1 saturated carbocycles. The first kappa shape index (κ1) is 12.9. The molecule has 0 aromatic heterocycles. The molecule has 0 aromatic carbocycles. The summed E-state index contributed by atoms with van der Waals surface area (Å²) in [7, 11) is 0. The van der Waals surface area contributed by atoms with Gasteiger partial charge >= 0.3 is 0 Å². The molecular weight excluding hydrogens is 190 g/mol. The summed E-state index contributed by atoms with van der Waals surface area (Å²) in [6.45, 7) is 4.60. The quantitative estimate of drug-likeness (QED) is 0.650. The van der Waals surface area contributed by atoms with E-state index in [0.29, 0.717) is 6.54 Å². The predicted octanol–water partition coefficient (Wildman–Crippen LogP) is 1.43. The van der Waals surface area contributed by atoms with Crippen LogP contribution in [-0.2, 0) is 0 Å². The van der Waals surface area contributed by atoms with Crippen LogP contribution in [0.15, 0.2) is 0 Å². The number of hydrogen-bond acceptors (Lipinski definition) is 3. The minimum atomic E-state index is -0.600. The molecule has 0 bridgehead atoms. The van der Waals surface area contributed by atoms with Crippen LogP contribution in [0.4, 0.5) is 0 Å². The van der Waals surface area contributed by atoms with Gasteiger partial charge in [-0.3, -0.25) is 0 Å². The fourth-order valence-corrected chi connectivity index (χ4v) is 2.17. The van der Waals surface area contributed by atoms with E-state index in [1.54, 1.807) is 0 Å². The van der Waals surface area contributed by atoms with E-state index in [9.17, 15) is 10.2 Å². The molecule has 3 nitrogen and oxygen atoms in total. The van der Waals surface area contributed by atoms with Gasteiger partial charge in [0.05, 0.1) is 11.7 Å². The number of aliphatic hydroxyl groups is 2. The van der Waals surface area contributed by atoms with Gasteiger partial charge < -0.3 is 15.5 Å². The Morgan fingerprint density at radius 2 is 1.80 bits per heavy atom. The topological polar surface area (TPSA) is 52.5 Å². The van der Waals surface area contributed by atoms with Gasteiger partial charge in [-0.25, -0.2) is 0 Å². The highest BCUT2D eigenvalue weighted by atomic mass is 16.3. The number of hydrogen-bond donors (Lipinski definition) is 3. The third kappa shape index (κ3) is 3.74. The van der Waals surface area contributed by atoms with Crippen molar-refractivity contribution in [3.8, 4) is 0 Å². The van der Waals surface area contributed by atoms with E-state index < -0.39 is 5.60 Å². The van der Waals surface area contributed by atoms with Gasteiger partial charge in [0.2, 0.25) is 0 Å². The van der Waals surface area contributed by atoms with E-state index in [1.807, 2.05) is 13.8 Å². The lowest BCUT2D eigenvalue weighted by Crippen LogP contribution is -2.49. The van der Waals surface area contributed by atoms with E-state index in [1.165, 1.54) is 6.42 Å². The monoisotopic (exact) mass is 215 g/mol. The van der Waals surface area contributed by atoms with Gasteiger partial charge in [0.25, 0.3) is 0 Å². The van der Waals surface area contributed by atoms with E-state index in [-0.39, 0.29) is 12.1 Å². The second-order valence-corrected chi connectivity index (χ2v) is 4.77. The van der Waals surface area contributed by atoms with Crippen molar-refractivity contribution < 1.29 is 10.2 Å². The van der Waals surface area contributed by atoms with E-state index in [4.69, 9.17) is 0 Å². The second kappa shape index (κ2) is 5.83. The van der Waals surface area contributed by atoms with Crippen LogP contribution in [0.3, 0.4) is 0 Å². The molecule has 3 heteroatoms. The summed E-state index contributed by atoms with van der Waals surface area (Å²) in [5.41, 5.74) is -0.600. The summed E-state index contributed by atoms with van der Waals surface area (Å²) in [5, 5.41) is 23.2. The van der Waals surface area contributed by atoms with Crippen molar-refractivity contribution in [1.29, 1.82) is 0 Å². The number of rotatable bonds is 5. The van der Waals surface area contributed by atoms with Crippen LogP contribution in [-0.4, -0.2) is 34.5 Å². The van der Waals surface area contributed by atoms with Crippen LogP contribution >= 0.6 is 0 Å². The Labute approximate surface area is 92.9 Å². The lowest BCUT2D eigenvalue weighted by molar-refractivity contribution is 0.0170. The van der Waals surface area contributed by atoms with Crippen LogP contribution in [0.1, 0.15) is 52.4 Å². The highest BCUT2D eigenvalue weighted by molar-refractivity contribution is 4.85. The average Bonchev–Trinajstić information content (AvgIpc) is 2.28. The van der Waals surface area contributed by atoms with Gasteiger partial charge in [-0.2, -0.15) is 0 Å². The summed E-state index contributed by atoms with van der Waals surface area (Å²) in [6.07, 6.45) is 5.55. The van der Waals surface area contributed by atoms with Crippen LogP contribution in [0, 0.1) is 0 Å². The SMILES string of the molecule is CCC(O)(CC)CNC1CCCCC1O. The van der Waals surface area contributed by atoms with Crippen molar-refractivity contribution in [1.82, 2.24) is 5.32 Å². The second-order valence-electron chi connectivity index (χ2n) is 4.77. The summed E-state index contributed by atoms with van der Waals surface area (Å²) in [5.74, 6) is 0. The van der Waals surface area contributed by atoms with Gasteiger partial charge in [-0.15, -0.1) is 0 Å². The van der Waals surface area contributed by atoms with E-state index >= 15 is 0 Å². The molecule has 0 aliphatic heterocycles. The maximum absolute atomic E-state index is 10.1. The van der Waals surface area contributed by atoms with Gasteiger partial charge in [0, 0.05) is 12.6 Å². The summed E-state index contributed by atoms with van der Waals surface area (Å²) < 4.78 is 0. The average molecular weight is 215 g/mol.